The zero-order valence-corrected chi connectivity index (χ0v) is 85.4. The fourth-order valence-corrected chi connectivity index (χ4v) is 19.4. The molecule has 0 saturated carbocycles. The van der Waals surface area contributed by atoms with Crippen LogP contribution in [0.2, 0.25) is 0 Å². The minimum absolute atomic E-state index is 0. The summed E-state index contributed by atoms with van der Waals surface area (Å²) in [5, 5.41) is 56.9. The first kappa shape index (κ1) is 114. The van der Waals surface area contributed by atoms with Crippen LogP contribution in [0.15, 0.2) is 134 Å². The third kappa shape index (κ3) is 31.1. The number of alkyl halides is 1. The number of hydrazine groups is 1. The van der Waals surface area contributed by atoms with Gasteiger partial charge in [-0.1, -0.05) is 174 Å². The number of aromatic nitrogens is 8. The number of carbonyl (C=O) groups is 10. The van der Waals surface area contributed by atoms with Gasteiger partial charge in [0.1, 0.15) is 62.4 Å². The number of amides is 14. The van der Waals surface area contributed by atoms with Crippen molar-refractivity contribution in [3.8, 4) is 0 Å². The Kier molecular flexibility index (Phi) is 45.1. The minimum Gasteiger partial charge on any atom is -0.724 e. The van der Waals surface area contributed by atoms with Crippen LogP contribution in [0.4, 0.5) is 28.8 Å². The monoisotopic (exact) mass is 2170 g/mol. The Morgan fingerprint density at radius 3 is 1.03 bits per heavy atom. The molecule has 16 heterocycles. The Labute approximate surface area is 865 Å². The van der Waals surface area contributed by atoms with Gasteiger partial charge >= 0.3 is 71.7 Å². The maximum absolute atomic E-state index is 12.6. The molecule has 12 aliphatic heterocycles. The zero-order valence-electron chi connectivity index (χ0n) is 80.6. The number of aliphatic carboxylic acids is 1. The molecular formula is C88H126IN24NaO27S2. The largest absolute Gasteiger partial charge is 1.00 e. The summed E-state index contributed by atoms with van der Waals surface area (Å²) in [6.45, 7) is 18.6. The molecule has 4 aromatic heterocycles. The molecule has 19 rings (SSSR count). The van der Waals surface area contributed by atoms with Crippen LogP contribution in [0.3, 0.4) is 0 Å². The summed E-state index contributed by atoms with van der Waals surface area (Å²) in [7, 11) is -9.95. The maximum atomic E-state index is 12.6. The molecule has 0 unspecified atom stereocenters. The van der Waals surface area contributed by atoms with E-state index < -0.39 is 75.1 Å². The molecule has 7 aromatic rings. The maximum Gasteiger partial charge on any atom is 1.00 e. The van der Waals surface area contributed by atoms with E-state index in [0.29, 0.717) is 137 Å². The zero-order chi connectivity index (χ0) is 102. The van der Waals surface area contributed by atoms with Gasteiger partial charge in [0.15, 0.2) is 0 Å². The van der Waals surface area contributed by atoms with E-state index in [1.165, 1.54) is 130 Å². The van der Waals surface area contributed by atoms with E-state index in [4.69, 9.17) is 43.5 Å². The number of piperidine rings is 6. The van der Waals surface area contributed by atoms with Crippen LogP contribution in [-0.2, 0) is 82.9 Å². The number of nitrogens with zero attached hydrogens (tertiary/aromatic N) is 21. The number of hydroxylamine groups is 12. The summed E-state index contributed by atoms with van der Waals surface area (Å²) in [6.07, 6.45) is 24.5. The number of carboxylic acid groups (broad SMARTS) is 1. The second-order valence-electron chi connectivity index (χ2n) is 34.6. The van der Waals surface area contributed by atoms with E-state index in [2.05, 4.69) is 88.2 Å². The van der Waals surface area contributed by atoms with E-state index in [0.717, 1.165) is 60.2 Å². The molecule has 0 radical (unpaired) electrons. The number of halogens is 1. The molecule has 51 nitrogen and oxygen atoms in total. The molecule has 0 aliphatic carbocycles. The Morgan fingerprint density at radius 1 is 0.469 bits per heavy atom. The van der Waals surface area contributed by atoms with Gasteiger partial charge in [-0.2, -0.15) is 33.9 Å². The first-order valence-electron chi connectivity index (χ1n) is 47.3. The van der Waals surface area contributed by atoms with Crippen molar-refractivity contribution in [1.29, 1.82) is 0 Å². The number of urea groups is 6. The Bertz CT molecular complexity index is 5220. The van der Waals surface area contributed by atoms with Gasteiger partial charge in [-0.25, -0.2) is 61.3 Å². The number of benzene rings is 3. The van der Waals surface area contributed by atoms with Crippen LogP contribution in [0, 0.1) is 0 Å². The molecule has 12 fully saturated rings. The number of aldehydes is 1. The smallest absolute Gasteiger partial charge is 0.724 e. The molecule has 6 N–H and O–H groups in total. The predicted molar refractivity (Wildman–Crippen MR) is 501 cm³/mol. The third-order valence-electron chi connectivity index (χ3n) is 25.5. The van der Waals surface area contributed by atoms with Gasteiger partial charge in [0.25, 0.3) is 0 Å². The van der Waals surface area contributed by atoms with Gasteiger partial charge in [0, 0.05) is 40.6 Å². The number of hydrogen-bond donors (Lipinski definition) is 5. The number of unbranched alkanes of at least 4 members (excludes halogenated alkanes) is 4. The van der Waals surface area contributed by atoms with Crippen LogP contribution in [-0.4, -0.2) is 327 Å². The fourth-order valence-electron chi connectivity index (χ4n) is 18.6. The van der Waals surface area contributed by atoms with Crippen molar-refractivity contribution >= 4 is 104 Å². The van der Waals surface area contributed by atoms with Gasteiger partial charge in [-0.3, -0.25) is 34.7 Å². The molecule has 14 amide bonds. The first-order chi connectivity index (χ1) is 68.4. The molecule has 12 aliphatic rings. The summed E-state index contributed by atoms with van der Waals surface area (Å²) in [6, 6.07) is 23.1. The molecule has 0 spiro atoms. The van der Waals surface area contributed by atoms with E-state index >= 15 is 0 Å². The summed E-state index contributed by atoms with van der Waals surface area (Å²) >= 11 is 1.96. The Morgan fingerprint density at radius 2 is 0.741 bits per heavy atom. The molecule has 12 saturated heterocycles. The minimum atomic E-state index is -4.97. The third-order valence-corrected chi connectivity index (χ3v) is 26.2. The number of carbonyl (C=O) groups excluding carboxylic acids is 9. The van der Waals surface area contributed by atoms with Gasteiger partial charge in [0.2, 0.25) is 82.3 Å². The average Bonchev–Trinajstić information content (AvgIpc) is 1.63. The van der Waals surface area contributed by atoms with Gasteiger partial charge in [0.05, 0.1) is 69.0 Å². The summed E-state index contributed by atoms with van der Waals surface area (Å²) in [4.78, 5) is 142. The number of nitrogens with two attached hydrogens (primary N) is 1. The van der Waals surface area contributed by atoms with Crippen molar-refractivity contribution in [3.05, 3.63) is 157 Å². The summed E-state index contributed by atoms with van der Waals surface area (Å²) in [5.74, 6) is 4.68. The molecular weight excluding hydrogens is 2040 g/mol. The van der Waals surface area contributed by atoms with E-state index in [1.807, 2.05) is 114 Å². The molecule has 143 heavy (non-hydrogen) atoms. The second-order valence-corrected chi connectivity index (χ2v) is 36.5. The summed E-state index contributed by atoms with van der Waals surface area (Å²) in [5.41, 5.74) is 4.75. The van der Waals surface area contributed by atoms with E-state index in [9.17, 15) is 74.3 Å². The van der Waals surface area contributed by atoms with Crippen LogP contribution >= 0.6 is 22.6 Å². The topological polar surface area (TPSA) is 616 Å². The van der Waals surface area contributed by atoms with Crippen molar-refractivity contribution in [2.75, 3.05) is 76.9 Å². The van der Waals surface area contributed by atoms with Crippen LogP contribution in [0.5, 0.6) is 0 Å². The van der Waals surface area contributed by atoms with Crippen molar-refractivity contribution in [2.45, 2.75) is 256 Å². The Balaban J connectivity index is 0.000000185. The Hall–Kier alpha value is -10.8. The van der Waals surface area contributed by atoms with Crippen LogP contribution < -0.4 is 46.1 Å². The average molecular weight is 2170 g/mol. The summed E-state index contributed by atoms with van der Waals surface area (Å²) < 4.78 is 100. The number of hydrogen-bond acceptors (Lipinski definition) is 35. The number of fused-ring (bicyclic) bond motifs is 12. The van der Waals surface area contributed by atoms with Gasteiger partial charge < -0.3 is 75.9 Å². The van der Waals surface area contributed by atoms with Gasteiger partial charge in [-0.15, -0.1) is 40.8 Å². The normalized spacial score (nSPS) is 23.0. The van der Waals surface area contributed by atoms with E-state index in [1.54, 1.807) is 15.2 Å². The van der Waals surface area contributed by atoms with Crippen LogP contribution in [0.1, 0.15) is 229 Å². The first-order valence-corrected chi connectivity index (χ1v) is 50.8. The van der Waals surface area contributed by atoms with Crippen molar-refractivity contribution in [2.24, 2.45) is 5.84 Å². The molecule has 12 atom stereocenters. The van der Waals surface area contributed by atoms with E-state index in [-0.39, 0.29) is 135 Å². The van der Waals surface area contributed by atoms with Crippen molar-refractivity contribution in [1.82, 2.24) is 111 Å². The SMILES string of the molecule is C.CCCC[N+](CCCC)(CCCC)CCCC.NNC=O.O=C(O)[C@@H]1CC[C@@H]2CN1C(=O)N2OCc1ccccc1.O=C1N(O)[C@@H]2CC[C@@H](c3nnco3)N1C2.O=C1N2C[C@@H](CC[C@H]2c2nnco2)N1OCc1ccccc1.O=C1N2C[C@@H](CC[C@H]2c2nnco2)N1OS(=O)(=O)[O-].O=C1N2C[C@@H](CC[C@H]2c2nnco2)N1OS(=O)(=O)[O-].O=CCNC(=O)[C@@H]1CC[C@@H]2CN1C(=O)N2OCc1ccccc1.[2H]CI.[Na+]. The van der Waals surface area contributed by atoms with Crippen LogP contribution in [0.25, 0.3) is 0 Å². The molecule has 12 bridgehead atoms. The van der Waals surface area contributed by atoms with Crippen molar-refractivity contribution < 1.29 is 160 Å². The second kappa shape index (κ2) is 56.6. The predicted octanol–water partition coefficient (Wildman–Crippen LogP) is 5.82. The molecule has 3 aromatic carbocycles. The van der Waals surface area contributed by atoms with Crippen molar-refractivity contribution in [3.63, 3.8) is 0 Å². The number of carboxylic acids is 1. The standard InChI is InChI=1S/C16H19N3O4.C16H36N.C15H16N4O3.C14H16N2O4.2C8H10N4O6S.C8H10N4O3.CH3I.CH4N2O.CH4.Na/c20-9-8-17-15(21)14-7-6-13-10-18(14)16(22)19(13)23-11-12-4-2-1-3-5-12;1-5-9-13-17(14-10-6-2,15-11-7-3)16-12-8-4;20-15-18-8-12(6-7-13(18)14-17-16-10-21-14)19(15)22-9-11-4-2-1-3-5-11;17-13(18)12-7-6-11-8-15(12)14(19)16(11)20-9-10-4-2-1-3-5-10;2*13-8-11-3-5(12(8)18-19(14,15)16)1-2-6(11)7-10-9-4-17-7;13-8-11-3-5(12(8)14)1-2-6(11)7-10-9-4-15-7;1-2;2-3-1-4;;/h1-5,9,13-14H,6-8,10-11H2,(H,17,21);5-16H2,1-4H3;1-5,10,12-13H,6-9H2;1-5,11-12H,6-9H2,(H,17,18);2*4-6H,1-3H2,(H,14,15,16);4-6,14H,1-3H2;1H3;1H,2H2,(H,3,4);1H4;/q;+1;;;;;;;;;+1/p-2/t13-,14+;;12-,13+;11-,12+;3*5-,6+;;;;/m1.11111..../s1/i;;;;;;;1D;;;. The fraction of sp³-hybridized carbons (Fsp3) is 0.591. The number of rotatable bonds is 34. The molecule has 55 heteroatoms. The quantitative estimate of drug-likeness (QED) is 0.00271. The number of quaternary nitrogens is 1. The number of nitrogens with one attached hydrogen (secondary N) is 2. The van der Waals surface area contributed by atoms with Gasteiger partial charge in [-0.05, 0) is 124 Å². The molecule has 780 valence electrons.